The predicted octanol–water partition coefficient (Wildman–Crippen LogP) is 3.36. The highest BCUT2D eigenvalue weighted by Gasteiger charge is 2.15. The van der Waals surface area contributed by atoms with E-state index in [1.807, 2.05) is 18.2 Å². The highest BCUT2D eigenvalue weighted by atomic mass is 16.5. The van der Waals surface area contributed by atoms with Gasteiger partial charge in [-0.15, -0.1) is 0 Å². The number of hydrogen-bond acceptors (Lipinski definition) is 4. The fourth-order valence-electron chi connectivity index (χ4n) is 1.93. The molecule has 2 aromatic rings. The minimum Gasteiger partial charge on any atom is -0.496 e. The average Bonchev–Trinajstić information content (AvgIpc) is 2.55. The van der Waals surface area contributed by atoms with Crippen molar-refractivity contribution in [2.75, 3.05) is 32.0 Å². The number of anilines is 2. The molecule has 0 aromatic heterocycles. The summed E-state index contributed by atoms with van der Waals surface area (Å²) in [7, 11) is 4.56. The second-order valence-corrected chi connectivity index (χ2v) is 4.35. The lowest BCUT2D eigenvalue weighted by Gasteiger charge is -2.16. The zero-order valence-corrected chi connectivity index (χ0v) is 12.7. The van der Waals surface area contributed by atoms with Gasteiger partial charge in [0.25, 0.3) is 0 Å². The Morgan fingerprint density at radius 1 is 0.864 bits per heavy atom. The molecule has 2 N–H and O–H groups in total. The Balaban J connectivity index is 2.22. The highest BCUT2D eigenvalue weighted by Crippen LogP contribution is 2.38. The molecule has 0 saturated heterocycles. The van der Waals surface area contributed by atoms with Crippen LogP contribution >= 0.6 is 0 Å². The Kier molecular flexibility index (Phi) is 5.08. The summed E-state index contributed by atoms with van der Waals surface area (Å²) in [6.45, 7) is 0. The van der Waals surface area contributed by atoms with Gasteiger partial charge in [0.05, 0.1) is 21.3 Å². The van der Waals surface area contributed by atoms with Gasteiger partial charge in [-0.2, -0.15) is 0 Å². The van der Waals surface area contributed by atoms with E-state index in [2.05, 4.69) is 10.6 Å². The molecule has 2 amide bonds. The van der Waals surface area contributed by atoms with Gasteiger partial charge in [0.1, 0.15) is 22.9 Å². The molecule has 0 aliphatic carbocycles. The lowest BCUT2D eigenvalue weighted by atomic mass is 10.2. The molecule has 0 fully saturated rings. The van der Waals surface area contributed by atoms with Gasteiger partial charge in [0.15, 0.2) is 0 Å². The van der Waals surface area contributed by atoms with E-state index in [1.165, 1.54) is 14.2 Å². The highest BCUT2D eigenvalue weighted by molar-refractivity contribution is 6.01. The largest absolute Gasteiger partial charge is 0.496 e. The number of nitrogens with one attached hydrogen (secondary N) is 2. The second-order valence-electron chi connectivity index (χ2n) is 4.35. The third-order valence-corrected chi connectivity index (χ3v) is 2.99. The SMILES string of the molecule is COc1cc(OC)c(NC(=O)Nc2ccccc2)c(OC)c1. The topological polar surface area (TPSA) is 68.8 Å². The van der Waals surface area contributed by atoms with Crippen LogP contribution in [0.2, 0.25) is 0 Å². The molecule has 0 atom stereocenters. The number of para-hydroxylation sites is 1. The first-order chi connectivity index (χ1) is 10.7. The van der Waals surface area contributed by atoms with Crippen LogP contribution in [0.5, 0.6) is 17.2 Å². The molecule has 6 nitrogen and oxygen atoms in total. The number of ether oxygens (including phenoxy) is 3. The number of carbonyl (C=O) groups is 1. The van der Waals surface area contributed by atoms with E-state index in [-0.39, 0.29) is 0 Å². The molecule has 0 spiro atoms. The minimum absolute atomic E-state index is 0.395. The molecular formula is C16H18N2O4. The molecule has 22 heavy (non-hydrogen) atoms. The van der Waals surface area contributed by atoms with Gasteiger partial charge in [0, 0.05) is 17.8 Å². The maximum absolute atomic E-state index is 12.1. The first kappa shape index (κ1) is 15.5. The van der Waals surface area contributed by atoms with Gasteiger partial charge in [0.2, 0.25) is 0 Å². The van der Waals surface area contributed by atoms with Crippen molar-refractivity contribution in [3.63, 3.8) is 0 Å². The summed E-state index contributed by atoms with van der Waals surface area (Å²) in [6, 6.07) is 12.1. The van der Waals surface area contributed by atoms with Crippen LogP contribution in [-0.4, -0.2) is 27.4 Å². The van der Waals surface area contributed by atoms with Crippen LogP contribution in [0.15, 0.2) is 42.5 Å². The summed E-state index contributed by atoms with van der Waals surface area (Å²) in [6.07, 6.45) is 0. The lowest BCUT2D eigenvalue weighted by Crippen LogP contribution is -2.20. The zero-order valence-electron chi connectivity index (χ0n) is 12.7. The summed E-state index contributed by atoms with van der Waals surface area (Å²) in [4.78, 5) is 12.1. The van der Waals surface area contributed by atoms with Crippen LogP contribution in [-0.2, 0) is 0 Å². The number of amides is 2. The molecule has 116 valence electrons. The van der Waals surface area contributed by atoms with Crippen LogP contribution in [0.3, 0.4) is 0 Å². The average molecular weight is 302 g/mol. The Bertz CT molecular complexity index is 619. The maximum Gasteiger partial charge on any atom is 0.323 e. The third kappa shape index (κ3) is 3.60. The van der Waals surface area contributed by atoms with E-state index in [0.717, 1.165) is 0 Å². The van der Waals surface area contributed by atoms with Crippen molar-refractivity contribution in [3.05, 3.63) is 42.5 Å². The van der Waals surface area contributed by atoms with Gasteiger partial charge in [-0.1, -0.05) is 18.2 Å². The lowest BCUT2D eigenvalue weighted by molar-refractivity contribution is 0.262. The van der Waals surface area contributed by atoms with Crippen LogP contribution in [0.1, 0.15) is 0 Å². The van der Waals surface area contributed by atoms with Crippen molar-refractivity contribution in [2.45, 2.75) is 0 Å². The maximum atomic E-state index is 12.1. The number of urea groups is 1. The quantitative estimate of drug-likeness (QED) is 0.888. The van der Waals surface area contributed by atoms with E-state index < -0.39 is 6.03 Å². The smallest absolute Gasteiger partial charge is 0.323 e. The Morgan fingerprint density at radius 3 is 1.95 bits per heavy atom. The van der Waals surface area contributed by atoms with Gasteiger partial charge in [-0.3, -0.25) is 0 Å². The monoisotopic (exact) mass is 302 g/mol. The molecule has 2 rings (SSSR count). The molecule has 0 aliphatic heterocycles. The number of methoxy groups -OCH3 is 3. The van der Waals surface area contributed by atoms with Crippen molar-refractivity contribution >= 4 is 17.4 Å². The molecule has 0 radical (unpaired) electrons. The van der Waals surface area contributed by atoms with E-state index in [0.29, 0.717) is 28.6 Å². The summed E-state index contributed by atoms with van der Waals surface area (Å²) in [5.74, 6) is 1.46. The van der Waals surface area contributed by atoms with Gasteiger partial charge >= 0.3 is 6.03 Å². The van der Waals surface area contributed by atoms with E-state index >= 15 is 0 Å². The van der Waals surface area contributed by atoms with Crippen molar-refractivity contribution in [1.82, 2.24) is 0 Å². The first-order valence-corrected chi connectivity index (χ1v) is 6.61. The molecule has 6 heteroatoms. The van der Waals surface area contributed by atoms with Crippen molar-refractivity contribution < 1.29 is 19.0 Å². The molecule has 2 aromatic carbocycles. The molecule has 0 heterocycles. The van der Waals surface area contributed by atoms with Gasteiger partial charge < -0.3 is 24.8 Å². The summed E-state index contributed by atoms with van der Waals surface area (Å²) >= 11 is 0. The van der Waals surface area contributed by atoms with Crippen molar-refractivity contribution in [1.29, 1.82) is 0 Å². The summed E-state index contributed by atoms with van der Waals surface area (Å²) < 4.78 is 15.7. The Labute approximate surface area is 129 Å². The zero-order chi connectivity index (χ0) is 15.9. The van der Waals surface area contributed by atoms with Crippen LogP contribution < -0.4 is 24.8 Å². The van der Waals surface area contributed by atoms with Crippen molar-refractivity contribution in [3.8, 4) is 17.2 Å². The third-order valence-electron chi connectivity index (χ3n) is 2.99. The molecular weight excluding hydrogens is 284 g/mol. The van der Waals surface area contributed by atoms with Gasteiger partial charge in [-0.05, 0) is 12.1 Å². The molecule has 0 saturated carbocycles. The Morgan fingerprint density at radius 2 is 1.45 bits per heavy atom. The Hall–Kier alpha value is -2.89. The van der Waals surface area contributed by atoms with E-state index in [1.54, 1.807) is 31.4 Å². The van der Waals surface area contributed by atoms with E-state index in [4.69, 9.17) is 14.2 Å². The minimum atomic E-state index is -0.395. The number of rotatable bonds is 5. The number of benzene rings is 2. The normalized spacial score (nSPS) is 9.77. The fraction of sp³-hybridized carbons (Fsp3) is 0.188. The van der Waals surface area contributed by atoms with E-state index in [9.17, 15) is 4.79 Å². The second kappa shape index (κ2) is 7.21. The van der Waals surface area contributed by atoms with Crippen LogP contribution in [0.25, 0.3) is 0 Å². The number of hydrogen-bond donors (Lipinski definition) is 2. The number of carbonyl (C=O) groups excluding carboxylic acids is 1. The van der Waals surface area contributed by atoms with Crippen LogP contribution in [0.4, 0.5) is 16.2 Å². The fourth-order valence-corrected chi connectivity index (χ4v) is 1.93. The summed E-state index contributed by atoms with van der Waals surface area (Å²) in [5, 5.41) is 5.45. The molecule has 0 aliphatic rings. The molecule has 0 bridgehead atoms. The van der Waals surface area contributed by atoms with Crippen LogP contribution in [0, 0.1) is 0 Å². The molecule has 0 unspecified atom stereocenters. The predicted molar refractivity (Wildman–Crippen MR) is 85.2 cm³/mol. The summed E-state index contributed by atoms with van der Waals surface area (Å²) in [5.41, 5.74) is 1.12. The standard InChI is InChI=1S/C16H18N2O4/c1-20-12-9-13(21-2)15(14(10-12)22-3)18-16(19)17-11-7-5-4-6-8-11/h4-10H,1-3H3,(H2,17,18,19). The first-order valence-electron chi connectivity index (χ1n) is 6.61. The van der Waals surface area contributed by atoms with Crippen molar-refractivity contribution in [2.24, 2.45) is 0 Å². The van der Waals surface area contributed by atoms with Gasteiger partial charge in [-0.25, -0.2) is 4.79 Å².